The van der Waals surface area contributed by atoms with E-state index in [0.717, 1.165) is 33.4 Å². The van der Waals surface area contributed by atoms with E-state index in [-0.39, 0.29) is 0 Å². The third kappa shape index (κ3) is 5.53. The lowest BCUT2D eigenvalue weighted by atomic mass is 9.67. The van der Waals surface area contributed by atoms with Gasteiger partial charge in [0.1, 0.15) is 0 Å². The van der Waals surface area contributed by atoms with Gasteiger partial charge in [0.25, 0.3) is 0 Å². The lowest BCUT2D eigenvalue weighted by molar-refractivity contribution is 0.768. The smallest absolute Gasteiger partial charge is 0.165 e. The molecule has 0 atom stereocenters. The summed E-state index contributed by atoms with van der Waals surface area (Å²) in [5.41, 5.74) is 11.9. The first kappa shape index (κ1) is 36.1. The Hall–Kier alpha value is -7.57. The van der Waals surface area contributed by atoms with Crippen molar-refractivity contribution in [2.24, 2.45) is 0 Å². The molecule has 1 aliphatic carbocycles. The molecular formula is C58H35N3S2. The van der Waals surface area contributed by atoms with E-state index in [0.29, 0.717) is 17.5 Å². The van der Waals surface area contributed by atoms with Crippen LogP contribution in [-0.2, 0) is 5.41 Å². The summed E-state index contributed by atoms with van der Waals surface area (Å²) < 4.78 is 5.01. The zero-order valence-electron chi connectivity index (χ0n) is 33.9. The van der Waals surface area contributed by atoms with Crippen molar-refractivity contribution in [3.05, 3.63) is 235 Å². The summed E-state index contributed by atoms with van der Waals surface area (Å²) in [5, 5.41) is 5.02. The summed E-state index contributed by atoms with van der Waals surface area (Å²) in [4.78, 5) is 16.3. The quantitative estimate of drug-likeness (QED) is 0.167. The molecule has 1 aliphatic rings. The fraction of sp³-hybridized carbons (Fsp3) is 0.0172. The van der Waals surface area contributed by atoms with Crippen molar-refractivity contribution in [1.82, 2.24) is 15.0 Å². The first-order valence-corrected chi connectivity index (χ1v) is 22.9. The van der Waals surface area contributed by atoms with E-state index in [1.165, 1.54) is 68.2 Å². The molecule has 0 unspecified atom stereocenters. The van der Waals surface area contributed by atoms with Crippen molar-refractivity contribution in [3.63, 3.8) is 0 Å². The number of thiophene rings is 2. The first-order chi connectivity index (χ1) is 31.2. The maximum absolute atomic E-state index is 5.49. The molecule has 0 radical (unpaired) electrons. The summed E-state index contributed by atoms with van der Waals surface area (Å²) in [5.74, 6) is 1.94. The molecule has 294 valence electrons. The minimum absolute atomic E-state index is 0.547. The van der Waals surface area contributed by atoms with Gasteiger partial charge < -0.3 is 0 Å². The van der Waals surface area contributed by atoms with Crippen LogP contribution in [0, 0.1) is 0 Å². The zero-order chi connectivity index (χ0) is 41.5. The summed E-state index contributed by atoms with van der Waals surface area (Å²) in [7, 11) is 0. The molecule has 0 aliphatic heterocycles. The number of nitrogens with zero attached hydrogens (tertiary/aromatic N) is 3. The van der Waals surface area contributed by atoms with Crippen LogP contribution in [0.4, 0.5) is 0 Å². The molecule has 3 nitrogen and oxygen atoms in total. The highest BCUT2D eigenvalue weighted by Gasteiger charge is 2.47. The molecular weight excluding hydrogens is 803 g/mol. The van der Waals surface area contributed by atoms with Crippen LogP contribution in [0.15, 0.2) is 212 Å². The summed E-state index contributed by atoms with van der Waals surface area (Å²) in [6.45, 7) is 0. The van der Waals surface area contributed by atoms with E-state index in [4.69, 9.17) is 15.0 Å². The van der Waals surface area contributed by atoms with E-state index in [9.17, 15) is 0 Å². The minimum atomic E-state index is -0.547. The van der Waals surface area contributed by atoms with Crippen molar-refractivity contribution in [2.75, 3.05) is 0 Å². The molecule has 5 heteroatoms. The van der Waals surface area contributed by atoms with Crippen molar-refractivity contribution in [3.8, 4) is 56.4 Å². The summed E-state index contributed by atoms with van der Waals surface area (Å²) in [6, 6.07) is 76.8. The molecule has 0 amide bonds. The van der Waals surface area contributed by atoms with Gasteiger partial charge in [-0.05, 0) is 80.9 Å². The van der Waals surface area contributed by atoms with Gasteiger partial charge in [0, 0.05) is 57.0 Å². The Balaban J connectivity index is 1.06. The second-order valence-electron chi connectivity index (χ2n) is 16.2. The third-order valence-electron chi connectivity index (χ3n) is 12.8. The molecule has 3 aromatic heterocycles. The zero-order valence-corrected chi connectivity index (χ0v) is 35.5. The van der Waals surface area contributed by atoms with E-state index < -0.39 is 5.41 Å². The summed E-state index contributed by atoms with van der Waals surface area (Å²) >= 11 is 3.64. The fourth-order valence-electron chi connectivity index (χ4n) is 10.1. The van der Waals surface area contributed by atoms with E-state index in [1.807, 2.05) is 11.3 Å². The molecule has 9 aromatic carbocycles. The van der Waals surface area contributed by atoms with Crippen molar-refractivity contribution >= 4 is 63.0 Å². The Bertz CT molecular complexity index is 3720. The SMILES string of the molecule is c1ccc(C2(c3ccccc3)c3ccccc3-c3c(-c4nc(-c5cccc(-c6ccc7sc8ccccc8c7c6)c5)nc(-c5cccc6c5sc5ccccc56)n4)cccc32)cc1. The predicted molar refractivity (Wildman–Crippen MR) is 265 cm³/mol. The molecule has 0 saturated carbocycles. The standard InChI is InChI=1S/C58H35N3S2/c1-3-18-39(19-4-1)58(40-20-5-2-6-21-40)48-28-10-7-24-44(48)53-45(26-15-29-49(53)58)56-59-55(60-57(61-56)46-27-14-25-43-41-22-8-12-31-51(41)63-54(43)46)38-17-13-16-36(34-38)37-32-33-52-47(35-37)42-23-9-11-30-50(42)62-52/h1-35H. The van der Waals surface area contributed by atoms with Gasteiger partial charge in [-0.2, -0.15) is 0 Å². The molecule has 0 N–H and O–H groups in total. The van der Waals surface area contributed by atoms with Crippen LogP contribution in [0.2, 0.25) is 0 Å². The van der Waals surface area contributed by atoms with Crippen LogP contribution in [-0.4, -0.2) is 15.0 Å². The molecule has 63 heavy (non-hydrogen) atoms. The number of benzene rings is 9. The fourth-order valence-corrected chi connectivity index (χ4v) is 12.4. The molecule has 0 bridgehead atoms. The number of rotatable bonds is 6. The monoisotopic (exact) mass is 837 g/mol. The molecule has 0 spiro atoms. The Morgan fingerprint density at radius 3 is 1.63 bits per heavy atom. The number of fused-ring (bicyclic) bond motifs is 9. The Labute approximate surface area is 372 Å². The van der Waals surface area contributed by atoms with E-state index in [1.54, 1.807) is 11.3 Å². The molecule has 0 saturated heterocycles. The third-order valence-corrected chi connectivity index (χ3v) is 15.2. The van der Waals surface area contributed by atoms with Gasteiger partial charge in [-0.25, -0.2) is 15.0 Å². The molecule has 12 aromatic rings. The average molecular weight is 838 g/mol. The number of aromatic nitrogens is 3. The van der Waals surface area contributed by atoms with E-state index in [2.05, 4.69) is 212 Å². The van der Waals surface area contributed by atoms with Gasteiger partial charge in [-0.1, -0.05) is 176 Å². The van der Waals surface area contributed by atoms with Crippen LogP contribution in [0.5, 0.6) is 0 Å². The van der Waals surface area contributed by atoms with Crippen LogP contribution in [0.25, 0.3) is 96.8 Å². The predicted octanol–water partition coefficient (Wildman–Crippen LogP) is 15.6. The second-order valence-corrected chi connectivity index (χ2v) is 18.4. The Morgan fingerprint density at radius 2 is 0.841 bits per heavy atom. The highest BCUT2D eigenvalue weighted by atomic mass is 32.1. The lowest BCUT2D eigenvalue weighted by Crippen LogP contribution is -2.28. The van der Waals surface area contributed by atoms with E-state index >= 15 is 0 Å². The van der Waals surface area contributed by atoms with Crippen LogP contribution in [0.3, 0.4) is 0 Å². The maximum Gasteiger partial charge on any atom is 0.165 e. The Morgan fingerprint density at radius 1 is 0.317 bits per heavy atom. The van der Waals surface area contributed by atoms with Gasteiger partial charge >= 0.3 is 0 Å². The maximum atomic E-state index is 5.49. The van der Waals surface area contributed by atoms with Crippen molar-refractivity contribution in [1.29, 1.82) is 0 Å². The minimum Gasteiger partial charge on any atom is -0.208 e. The van der Waals surface area contributed by atoms with Crippen LogP contribution < -0.4 is 0 Å². The van der Waals surface area contributed by atoms with Gasteiger partial charge in [-0.15, -0.1) is 22.7 Å². The van der Waals surface area contributed by atoms with Crippen molar-refractivity contribution in [2.45, 2.75) is 5.41 Å². The van der Waals surface area contributed by atoms with Crippen molar-refractivity contribution < 1.29 is 0 Å². The Kier molecular flexibility index (Phi) is 8.17. The molecule has 13 rings (SSSR count). The van der Waals surface area contributed by atoms with Gasteiger partial charge in [0.15, 0.2) is 17.5 Å². The van der Waals surface area contributed by atoms with Crippen LogP contribution >= 0.6 is 22.7 Å². The van der Waals surface area contributed by atoms with Gasteiger partial charge in [0.2, 0.25) is 0 Å². The second kappa shape index (κ2) is 14.2. The number of hydrogen-bond donors (Lipinski definition) is 0. The first-order valence-electron chi connectivity index (χ1n) is 21.3. The summed E-state index contributed by atoms with van der Waals surface area (Å²) in [6.07, 6.45) is 0. The normalized spacial score (nSPS) is 12.9. The molecule has 3 heterocycles. The number of hydrogen-bond acceptors (Lipinski definition) is 5. The lowest BCUT2D eigenvalue weighted by Gasteiger charge is -2.33. The van der Waals surface area contributed by atoms with Gasteiger partial charge in [0.05, 0.1) is 5.41 Å². The highest BCUT2D eigenvalue weighted by Crippen LogP contribution is 2.58. The molecule has 0 fully saturated rings. The van der Waals surface area contributed by atoms with Gasteiger partial charge in [-0.3, -0.25) is 0 Å². The highest BCUT2D eigenvalue weighted by molar-refractivity contribution is 7.26. The topological polar surface area (TPSA) is 38.7 Å². The largest absolute Gasteiger partial charge is 0.208 e. The van der Waals surface area contributed by atoms with Crippen LogP contribution in [0.1, 0.15) is 22.3 Å². The average Bonchev–Trinajstić information content (AvgIpc) is 4.03.